The van der Waals surface area contributed by atoms with Crippen LogP contribution < -0.4 is 10.6 Å². The van der Waals surface area contributed by atoms with Crippen LogP contribution >= 0.6 is 0 Å². The molecule has 2 N–H and O–H groups in total. The van der Waals surface area contributed by atoms with E-state index in [0.717, 1.165) is 16.8 Å². The highest BCUT2D eigenvalue weighted by Crippen LogP contribution is 2.25. The van der Waals surface area contributed by atoms with Crippen LogP contribution in [0.5, 0.6) is 0 Å². The summed E-state index contributed by atoms with van der Waals surface area (Å²) in [5.74, 6) is -0.201. The van der Waals surface area contributed by atoms with E-state index in [9.17, 15) is 9.59 Å². The van der Waals surface area contributed by atoms with Crippen LogP contribution in [0.2, 0.25) is 0 Å². The van der Waals surface area contributed by atoms with E-state index in [-0.39, 0.29) is 23.3 Å². The van der Waals surface area contributed by atoms with Gasteiger partial charge >= 0.3 is 0 Å². The van der Waals surface area contributed by atoms with Crippen molar-refractivity contribution in [3.8, 4) is 0 Å². The lowest BCUT2D eigenvalue weighted by atomic mass is 10.0. The first kappa shape index (κ1) is 21.5. The lowest BCUT2D eigenvalue weighted by molar-refractivity contribution is 0.0919. The van der Waals surface area contributed by atoms with Crippen molar-refractivity contribution in [3.05, 3.63) is 52.8 Å². The Hall–Kier alpha value is -3.22. The molecule has 2 heterocycles. The van der Waals surface area contributed by atoms with Gasteiger partial charge in [-0.2, -0.15) is 5.10 Å². The van der Waals surface area contributed by atoms with Gasteiger partial charge in [-0.15, -0.1) is 0 Å². The number of carbonyl (C=O) groups is 2. The van der Waals surface area contributed by atoms with E-state index in [2.05, 4.69) is 20.7 Å². The zero-order valence-corrected chi connectivity index (χ0v) is 18.6. The number of amides is 2. The lowest BCUT2D eigenvalue weighted by Gasteiger charge is -2.20. The molecular weight excluding hydrogens is 378 g/mol. The van der Waals surface area contributed by atoms with E-state index in [4.69, 9.17) is 0 Å². The third-order valence-electron chi connectivity index (χ3n) is 4.72. The fourth-order valence-electron chi connectivity index (χ4n) is 3.26. The number of aromatic nitrogens is 3. The third kappa shape index (κ3) is 4.50. The fraction of sp³-hybridized carbons (Fsp3) is 0.391. The van der Waals surface area contributed by atoms with E-state index < -0.39 is 0 Å². The Morgan fingerprint density at radius 1 is 1.07 bits per heavy atom. The summed E-state index contributed by atoms with van der Waals surface area (Å²) in [6, 6.07) is 8.70. The Labute approximate surface area is 176 Å². The highest BCUT2D eigenvalue weighted by Gasteiger charge is 2.20. The molecule has 7 nitrogen and oxygen atoms in total. The van der Waals surface area contributed by atoms with Crippen molar-refractivity contribution in [1.82, 2.24) is 20.1 Å². The maximum absolute atomic E-state index is 13.1. The molecule has 3 aromatic rings. The van der Waals surface area contributed by atoms with Crippen molar-refractivity contribution >= 4 is 28.5 Å². The van der Waals surface area contributed by atoms with Crippen molar-refractivity contribution in [2.45, 2.75) is 53.0 Å². The molecule has 2 aromatic heterocycles. The first-order valence-corrected chi connectivity index (χ1v) is 10.0. The van der Waals surface area contributed by atoms with Crippen LogP contribution in [0, 0.1) is 6.92 Å². The number of benzene rings is 1. The smallest absolute Gasteiger partial charge is 0.256 e. The Kier molecular flexibility index (Phi) is 5.65. The molecule has 0 fully saturated rings. The second-order valence-corrected chi connectivity index (χ2v) is 8.89. The quantitative estimate of drug-likeness (QED) is 0.679. The second kappa shape index (κ2) is 7.89. The van der Waals surface area contributed by atoms with E-state index in [0.29, 0.717) is 22.5 Å². The zero-order valence-electron chi connectivity index (χ0n) is 18.6. The summed E-state index contributed by atoms with van der Waals surface area (Å²) in [4.78, 5) is 30.1. The zero-order chi connectivity index (χ0) is 22.2. The van der Waals surface area contributed by atoms with Gasteiger partial charge in [0, 0.05) is 29.5 Å². The summed E-state index contributed by atoms with van der Waals surface area (Å²) in [5, 5.41) is 11.0. The topological polar surface area (TPSA) is 88.9 Å². The molecule has 0 unspecified atom stereocenters. The Balaban J connectivity index is 1.89. The molecule has 0 radical (unpaired) electrons. The lowest BCUT2D eigenvalue weighted by Crippen LogP contribution is -2.40. The highest BCUT2D eigenvalue weighted by atomic mass is 16.2. The van der Waals surface area contributed by atoms with Crippen LogP contribution in [-0.4, -0.2) is 32.1 Å². The van der Waals surface area contributed by atoms with Gasteiger partial charge in [-0.3, -0.25) is 14.3 Å². The molecular formula is C23H29N5O2. The van der Waals surface area contributed by atoms with Crippen molar-refractivity contribution in [1.29, 1.82) is 0 Å². The summed E-state index contributed by atoms with van der Waals surface area (Å²) >= 11 is 0. The van der Waals surface area contributed by atoms with E-state index in [1.54, 1.807) is 28.9 Å². The number of nitrogens with one attached hydrogen (secondary N) is 2. The van der Waals surface area contributed by atoms with Crippen LogP contribution in [0.4, 0.5) is 5.69 Å². The van der Waals surface area contributed by atoms with Crippen molar-refractivity contribution in [3.63, 3.8) is 0 Å². The summed E-state index contributed by atoms with van der Waals surface area (Å²) in [6.07, 6.45) is 0. The SMILES string of the molecule is Cc1nn(C)c2nc(C(C)C)cc(C(=O)Nc3ccc(C(=O)NC(C)(C)C)cc3)c12. The van der Waals surface area contributed by atoms with Gasteiger partial charge < -0.3 is 10.6 Å². The molecule has 0 aliphatic rings. The fourth-order valence-corrected chi connectivity index (χ4v) is 3.26. The molecule has 30 heavy (non-hydrogen) atoms. The van der Waals surface area contributed by atoms with Crippen LogP contribution in [-0.2, 0) is 7.05 Å². The molecule has 7 heteroatoms. The van der Waals surface area contributed by atoms with Gasteiger partial charge in [0.25, 0.3) is 11.8 Å². The van der Waals surface area contributed by atoms with Crippen molar-refractivity contribution in [2.24, 2.45) is 7.05 Å². The monoisotopic (exact) mass is 407 g/mol. The number of nitrogens with zero attached hydrogens (tertiary/aromatic N) is 3. The molecule has 0 bridgehead atoms. The van der Waals surface area contributed by atoms with E-state index >= 15 is 0 Å². The maximum atomic E-state index is 13.1. The average molecular weight is 408 g/mol. The first-order chi connectivity index (χ1) is 14.0. The summed E-state index contributed by atoms with van der Waals surface area (Å²) in [6.45, 7) is 11.8. The number of aryl methyl sites for hydroxylation is 2. The molecule has 0 aliphatic carbocycles. The van der Waals surface area contributed by atoms with Crippen LogP contribution in [0.3, 0.4) is 0 Å². The average Bonchev–Trinajstić information content (AvgIpc) is 2.94. The van der Waals surface area contributed by atoms with E-state index in [1.807, 2.05) is 54.7 Å². The highest BCUT2D eigenvalue weighted by molar-refractivity contribution is 6.12. The Bertz CT molecular complexity index is 1110. The predicted octanol–water partition coefficient (Wildman–Crippen LogP) is 4.18. The maximum Gasteiger partial charge on any atom is 0.256 e. The Morgan fingerprint density at radius 2 is 1.70 bits per heavy atom. The number of pyridine rings is 1. The molecule has 1 aromatic carbocycles. The minimum absolute atomic E-state index is 0.149. The predicted molar refractivity (Wildman–Crippen MR) is 119 cm³/mol. The second-order valence-electron chi connectivity index (χ2n) is 8.89. The normalized spacial score (nSPS) is 11.7. The number of rotatable bonds is 4. The van der Waals surface area contributed by atoms with Crippen LogP contribution in [0.25, 0.3) is 11.0 Å². The van der Waals surface area contributed by atoms with Crippen LogP contribution in [0.1, 0.15) is 72.6 Å². The first-order valence-electron chi connectivity index (χ1n) is 10.0. The number of hydrogen-bond donors (Lipinski definition) is 2. The summed E-state index contributed by atoms with van der Waals surface area (Å²) in [5.41, 5.74) is 3.68. The molecule has 0 atom stereocenters. The largest absolute Gasteiger partial charge is 0.347 e. The summed E-state index contributed by atoms with van der Waals surface area (Å²) < 4.78 is 1.70. The van der Waals surface area contributed by atoms with Gasteiger partial charge in [0.15, 0.2) is 5.65 Å². The van der Waals surface area contributed by atoms with Gasteiger partial charge in [0.05, 0.1) is 16.6 Å². The van der Waals surface area contributed by atoms with E-state index in [1.165, 1.54) is 0 Å². The number of anilines is 1. The van der Waals surface area contributed by atoms with Gasteiger partial charge in [-0.25, -0.2) is 4.98 Å². The molecule has 0 aliphatic heterocycles. The molecule has 3 rings (SSSR count). The van der Waals surface area contributed by atoms with Crippen molar-refractivity contribution in [2.75, 3.05) is 5.32 Å². The van der Waals surface area contributed by atoms with Crippen LogP contribution in [0.15, 0.2) is 30.3 Å². The molecule has 0 spiro atoms. The number of carbonyl (C=O) groups excluding carboxylic acids is 2. The minimum Gasteiger partial charge on any atom is -0.347 e. The molecule has 2 amide bonds. The van der Waals surface area contributed by atoms with Crippen molar-refractivity contribution < 1.29 is 9.59 Å². The van der Waals surface area contributed by atoms with Gasteiger partial charge in [-0.1, -0.05) is 13.8 Å². The van der Waals surface area contributed by atoms with Gasteiger partial charge in [0.2, 0.25) is 0 Å². The Morgan fingerprint density at radius 3 is 2.27 bits per heavy atom. The standard InChI is InChI=1S/C23H29N5O2/c1-13(2)18-12-17(19-14(3)27-28(7)20(19)25-18)22(30)24-16-10-8-15(9-11-16)21(29)26-23(4,5)6/h8-13H,1-7H3,(H,24,30)(H,26,29). The summed E-state index contributed by atoms with van der Waals surface area (Å²) in [7, 11) is 1.83. The van der Waals surface area contributed by atoms with Gasteiger partial charge in [-0.05, 0) is 63.9 Å². The minimum atomic E-state index is -0.313. The number of hydrogen-bond acceptors (Lipinski definition) is 4. The molecule has 158 valence electrons. The van der Waals surface area contributed by atoms with Gasteiger partial charge in [0.1, 0.15) is 0 Å². The molecule has 0 saturated carbocycles. The third-order valence-corrected chi connectivity index (χ3v) is 4.72. The number of fused-ring (bicyclic) bond motifs is 1. The molecule has 0 saturated heterocycles.